The van der Waals surface area contributed by atoms with Crippen LogP contribution in [0.1, 0.15) is 37.3 Å². The smallest absolute Gasteiger partial charge is 0.117 e. The minimum Gasteiger partial charge on any atom is -0.341 e. The van der Waals surface area contributed by atoms with Gasteiger partial charge in [0.1, 0.15) is 11.6 Å². The van der Waals surface area contributed by atoms with E-state index in [0.717, 1.165) is 45.2 Å². The molecule has 0 saturated carbocycles. The molecule has 0 spiro atoms. The van der Waals surface area contributed by atoms with Gasteiger partial charge in [0.05, 0.1) is 33.6 Å². The second-order valence-electron chi connectivity index (χ2n) is 6.92. The van der Waals surface area contributed by atoms with Gasteiger partial charge in [0.15, 0.2) is 0 Å². The Morgan fingerprint density at radius 2 is 1.07 bits per heavy atom. The zero-order chi connectivity index (χ0) is 19.0. The number of imidazole rings is 2. The number of fused-ring (bicyclic) bond motifs is 2. The Kier molecular flexibility index (Phi) is 6.95. The van der Waals surface area contributed by atoms with Crippen molar-refractivity contribution in [3.05, 3.63) is 60.2 Å². The van der Waals surface area contributed by atoms with Crippen molar-refractivity contribution in [3.8, 4) is 0 Å². The molecule has 0 saturated heterocycles. The zero-order valence-electron chi connectivity index (χ0n) is 16.0. The van der Waals surface area contributed by atoms with Crippen molar-refractivity contribution in [3.63, 3.8) is 0 Å². The molecule has 0 aliphatic carbocycles. The van der Waals surface area contributed by atoms with E-state index >= 15 is 0 Å². The fourth-order valence-electron chi connectivity index (χ4n) is 3.25. The van der Waals surface area contributed by atoms with Crippen molar-refractivity contribution >= 4 is 45.6 Å². The molecule has 6 heteroatoms. The number of hydrogen-bond acceptors (Lipinski definition) is 4. The van der Waals surface area contributed by atoms with Crippen LogP contribution in [-0.2, 0) is 11.5 Å². The molecule has 0 radical (unpaired) electrons. The molecule has 4 rings (SSSR count). The van der Waals surface area contributed by atoms with Gasteiger partial charge in [-0.1, -0.05) is 37.1 Å². The number of hydrogen-bond donors (Lipinski definition) is 2. The summed E-state index contributed by atoms with van der Waals surface area (Å²) in [5, 5.41) is 0. The lowest BCUT2D eigenvalue weighted by Crippen LogP contribution is -1.89. The minimum atomic E-state index is 0.974. The Balaban J connectivity index is 1.03. The molecule has 0 bridgehead atoms. The number of benzene rings is 2. The summed E-state index contributed by atoms with van der Waals surface area (Å²) >= 11 is 3.96. The summed E-state index contributed by atoms with van der Waals surface area (Å²) in [5.74, 6) is 6.55. The van der Waals surface area contributed by atoms with Crippen LogP contribution < -0.4 is 0 Å². The van der Waals surface area contributed by atoms with Crippen LogP contribution in [0.15, 0.2) is 48.5 Å². The van der Waals surface area contributed by atoms with Gasteiger partial charge in [0.25, 0.3) is 0 Å². The van der Waals surface area contributed by atoms with E-state index < -0.39 is 0 Å². The van der Waals surface area contributed by atoms with Crippen molar-refractivity contribution < 1.29 is 0 Å². The maximum atomic E-state index is 4.63. The van der Waals surface area contributed by atoms with E-state index in [1.807, 2.05) is 47.8 Å². The third-order valence-corrected chi connectivity index (χ3v) is 6.79. The molecule has 0 aliphatic heterocycles. The zero-order valence-corrected chi connectivity index (χ0v) is 17.6. The fraction of sp³-hybridized carbons (Fsp3) is 0.364. The molecule has 2 aromatic carbocycles. The molecule has 2 aromatic heterocycles. The van der Waals surface area contributed by atoms with Gasteiger partial charge in [-0.05, 0) is 48.6 Å². The summed E-state index contributed by atoms with van der Waals surface area (Å²) in [5.41, 5.74) is 4.41. The van der Waals surface area contributed by atoms with Gasteiger partial charge in [-0.2, -0.15) is 23.5 Å². The Hall–Kier alpha value is -1.92. The molecule has 0 unspecified atom stereocenters. The predicted molar refractivity (Wildman–Crippen MR) is 123 cm³/mol. The highest BCUT2D eigenvalue weighted by Crippen LogP contribution is 2.18. The number of aromatic nitrogens is 4. The molecule has 0 atom stereocenters. The average molecular weight is 411 g/mol. The van der Waals surface area contributed by atoms with Gasteiger partial charge >= 0.3 is 0 Å². The van der Waals surface area contributed by atoms with Crippen LogP contribution in [0.25, 0.3) is 22.1 Å². The van der Waals surface area contributed by atoms with Crippen molar-refractivity contribution in [1.82, 2.24) is 19.9 Å². The first-order valence-electron chi connectivity index (χ1n) is 9.91. The lowest BCUT2D eigenvalue weighted by molar-refractivity contribution is 0.711. The lowest BCUT2D eigenvalue weighted by Gasteiger charge is -2.02. The van der Waals surface area contributed by atoms with E-state index in [-0.39, 0.29) is 0 Å². The summed E-state index contributed by atoms with van der Waals surface area (Å²) in [7, 11) is 0. The number of thioether (sulfide) groups is 2. The van der Waals surface area contributed by atoms with E-state index in [9.17, 15) is 0 Å². The molecule has 4 nitrogen and oxygen atoms in total. The summed E-state index contributed by atoms with van der Waals surface area (Å²) in [4.78, 5) is 16.1. The number of nitrogens with zero attached hydrogens (tertiary/aromatic N) is 2. The summed E-state index contributed by atoms with van der Waals surface area (Å²) < 4.78 is 0. The van der Waals surface area contributed by atoms with Crippen LogP contribution in [0.3, 0.4) is 0 Å². The average Bonchev–Trinajstić information content (AvgIpc) is 3.32. The normalized spacial score (nSPS) is 11.6. The first-order valence-corrected chi connectivity index (χ1v) is 12.2. The molecule has 0 fully saturated rings. The van der Waals surface area contributed by atoms with Crippen LogP contribution in [0, 0.1) is 0 Å². The van der Waals surface area contributed by atoms with Gasteiger partial charge in [-0.3, -0.25) is 0 Å². The molecule has 146 valence electrons. The van der Waals surface area contributed by atoms with E-state index in [1.165, 1.54) is 37.2 Å². The minimum absolute atomic E-state index is 0.974. The molecule has 28 heavy (non-hydrogen) atoms. The van der Waals surface area contributed by atoms with E-state index in [0.29, 0.717) is 0 Å². The fourth-order valence-corrected chi connectivity index (χ4v) is 5.01. The Labute approximate surface area is 174 Å². The highest BCUT2D eigenvalue weighted by Gasteiger charge is 2.03. The Bertz CT molecular complexity index is 860. The summed E-state index contributed by atoms with van der Waals surface area (Å²) in [6.07, 6.45) is 5.22. The molecule has 2 N–H and O–H groups in total. The number of aromatic amines is 2. The highest BCUT2D eigenvalue weighted by atomic mass is 32.2. The van der Waals surface area contributed by atoms with E-state index in [2.05, 4.69) is 44.2 Å². The topological polar surface area (TPSA) is 57.4 Å². The summed E-state index contributed by atoms with van der Waals surface area (Å²) in [6, 6.07) is 16.5. The van der Waals surface area contributed by atoms with Crippen LogP contribution in [0.5, 0.6) is 0 Å². The van der Waals surface area contributed by atoms with Crippen molar-refractivity contribution in [1.29, 1.82) is 0 Å². The Morgan fingerprint density at radius 1 is 0.607 bits per heavy atom. The molecular formula is C22H26N4S2. The summed E-state index contributed by atoms with van der Waals surface area (Å²) in [6.45, 7) is 0. The molecule has 2 heterocycles. The highest BCUT2D eigenvalue weighted by molar-refractivity contribution is 7.98. The molecular weight excluding hydrogens is 384 g/mol. The maximum Gasteiger partial charge on any atom is 0.117 e. The largest absolute Gasteiger partial charge is 0.341 e. The number of rotatable bonds is 11. The van der Waals surface area contributed by atoms with Gasteiger partial charge in [-0.15, -0.1) is 0 Å². The SMILES string of the molecule is c1ccc2[nH]c(CSCCCCCCSCc3nc4ccccc4[nH]3)nc2c1. The third kappa shape index (κ3) is 5.32. The monoisotopic (exact) mass is 410 g/mol. The van der Waals surface area contributed by atoms with Crippen molar-refractivity contribution in [2.75, 3.05) is 11.5 Å². The van der Waals surface area contributed by atoms with Gasteiger partial charge in [0, 0.05) is 0 Å². The lowest BCUT2D eigenvalue weighted by atomic mass is 10.2. The van der Waals surface area contributed by atoms with Gasteiger partial charge < -0.3 is 9.97 Å². The van der Waals surface area contributed by atoms with Crippen molar-refractivity contribution in [2.45, 2.75) is 37.2 Å². The predicted octanol–water partition coefficient (Wildman–Crippen LogP) is 6.17. The standard InChI is InChI=1S/C22H26N4S2/c1(7-13-27-15-21-23-17-9-3-4-10-18(17)24-21)2-8-14-28-16-22-25-19-11-5-6-12-20(19)26-22/h3-6,9-12H,1-2,7-8,13-16H2,(H,23,24)(H,25,26). The number of H-pyrrole nitrogens is 2. The second-order valence-corrected chi connectivity index (χ2v) is 9.13. The first-order chi connectivity index (χ1) is 13.9. The van der Waals surface area contributed by atoms with Crippen LogP contribution in [0.4, 0.5) is 0 Å². The van der Waals surface area contributed by atoms with Gasteiger partial charge in [0.2, 0.25) is 0 Å². The number of nitrogens with one attached hydrogen (secondary N) is 2. The molecule has 0 aliphatic rings. The van der Waals surface area contributed by atoms with E-state index in [1.54, 1.807) is 0 Å². The van der Waals surface area contributed by atoms with Crippen molar-refractivity contribution in [2.24, 2.45) is 0 Å². The van der Waals surface area contributed by atoms with Crippen LogP contribution in [-0.4, -0.2) is 31.4 Å². The van der Waals surface area contributed by atoms with E-state index in [4.69, 9.17) is 0 Å². The third-order valence-electron chi connectivity index (χ3n) is 4.68. The van der Waals surface area contributed by atoms with Gasteiger partial charge in [-0.25, -0.2) is 9.97 Å². The first kappa shape index (κ1) is 19.4. The van der Waals surface area contributed by atoms with Crippen LogP contribution >= 0.6 is 23.5 Å². The van der Waals surface area contributed by atoms with Crippen LogP contribution in [0.2, 0.25) is 0 Å². The second kappa shape index (κ2) is 10.0. The molecule has 4 aromatic rings. The Morgan fingerprint density at radius 3 is 1.54 bits per heavy atom. The maximum absolute atomic E-state index is 4.63. The number of unbranched alkanes of at least 4 members (excludes halogenated alkanes) is 3. The molecule has 0 amide bonds. The number of para-hydroxylation sites is 4. The quantitative estimate of drug-likeness (QED) is 0.290.